The van der Waals surface area contributed by atoms with E-state index in [-0.39, 0.29) is 24.8 Å². The van der Waals surface area contributed by atoms with Gasteiger partial charge in [0.1, 0.15) is 0 Å². The summed E-state index contributed by atoms with van der Waals surface area (Å²) in [4.78, 5) is 0. The molecule has 0 amide bonds. The molecule has 4 aromatic rings. The number of rotatable bonds is 4. The van der Waals surface area contributed by atoms with Crippen LogP contribution in [0.5, 0.6) is 0 Å². The van der Waals surface area contributed by atoms with Crippen molar-refractivity contribution in [2.24, 2.45) is 0 Å². The van der Waals surface area contributed by atoms with Crippen LogP contribution in [0.2, 0.25) is 10.0 Å². The molecule has 0 fully saturated rings. The first-order valence-corrected chi connectivity index (χ1v) is 19.0. The fourth-order valence-corrected chi connectivity index (χ4v) is 22.5. The first kappa shape index (κ1) is 27.3. The zero-order valence-corrected chi connectivity index (χ0v) is 25.2. The third-order valence-corrected chi connectivity index (χ3v) is 24.6. The van der Waals surface area contributed by atoms with E-state index in [4.69, 9.17) is 27.4 Å². The molecule has 5 heteroatoms. The van der Waals surface area contributed by atoms with Gasteiger partial charge in [-0.05, 0) is 0 Å². The van der Waals surface area contributed by atoms with E-state index in [1.165, 1.54) is 35.3 Å². The summed E-state index contributed by atoms with van der Waals surface area (Å²) in [5.41, 5.74) is 5.44. The fourth-order valence-electron chi connectivity index (χ4n) is 6.22. The molecule has 0 atom stereocenters. The van der Waals surface area contributed by atoms with Gasteiger partial charge in [-0.15, -0.1) is 24.8 Å². The van der Waals surface area contributed by atoms with Crippen LogP contribution in [0.1, 0.15) is 17.5 Å². The molecule has 2 aliphatic carbocycles. The summed E-state index contributed by atoms with van der Waals surface area (Å²) in [5, 5.41) is 1.48. The van der Waals surface area contributed by atoms with Crippen molar-refractivity contribution < 1.29 is 18.3 Å². The fraction of sp³-hybridized carbons (Fsp3) is 0.0645. The van der Waals surface area contributed by atoms with Crippen molar-refractivity contribution in [2.45, 2.75) is 12.8 Å². The van der Waals surface area contributed by atoms with Crippen LogP contribution in [-0.2, 0) is 24.7 Å². The molecule has 4 aromatic carbocycles. The van der Waals surface area contributed by atoms with Crippen molar-refractivity contribution in [3.63, 3.8) is 0 Å². The predicted molar refractivity (Wildman–Crippen MR) is 160 cm³/mol. The molecule has 0 heterocycles. The van der Waals surface area contributed by atoms with Crippen molar-refractivity contribution in [2.75, 3.05) is 0 Å². The predicted octanol–water partition coefficient (Wildman–Crippen LogP) is 7.65. The molecule has 182 valence electrons. The number of hydrogen-bond acceptors (Lipinski definition) is 0. The maximum absolute atomic E-state index is 6.66. The Hall–Kier alpha value is -1.73. The first-order valence-electron chi connectivity index (χ1n) is 11.6. The molecule has 0 bridgehead atoms. The van der Waals surface area contributed by atoms with Crippen molar-refractivity contribution in [3.05, 3.63) is 134 Å². The summed E-state index contributed by atoms with van der Waals surface area (Å²) >= 11 is 8.63. The van der Waals surface area contributed by atoms with Crippen molar-refractivity contribution in [1.29, 1.82) is 0 Å². The van der Waals surface area contributed by atoms with Gasteiger partial charge in [-0.1, -0.05) is 0 Å². The molecule has 0 saturated carbocycles. The van der Waals surface area contributed by atoms with Crippen LogP contribution in [0, 0.1) is 0 Å². The van der Waals surface area contributed by atoms with Gasteiger partial charge in [0, 0.05) is 0 Å². The molecule has 0 aromatic heterocycles. The second-order valence-corrected chi connectivity index (χ2v) is 23.2. The normalized spacial score (nSPS) is 13.8. The van der Waals surface area contributed by atoms with Gasteiger partial charge >= 0.3 is 213 Å². The molecule has 6 rings (SSSR count). The van der Waals surface area contributed by atoms with Gasteiger partial charge in [0.15, 0.2) is 0 Å². The van der Waals surface area contributed by atoms with Crippen LogP contribution in [0.3, 0.4) is 0 Å². The summed E-state index contributed by atoms with van der Waals surface area (Å²) < 4.78 is 10.7. The van der Waals surface area contributed by atoms with Crippen LogP contribution in [0.15, 0.2) is 113 Å². The van der Waals surface area contributed by atoms with Gasteiger partial charge < -0.3 is 0 Å². The molecule has 0 N–H and O–H groups in total. The van der Waals surface area contributed by atoms with Gasteiger partial charge in [0.2, 0.25) is 0 Å². The summed E-state index contributed by atoms with van der Waals surface area (Å²) in [5.74, 6) is 0. The molecule has 0 radical (unpaired) electrons. The monoisotopic (exact) mass is 628 g/mol. The summed E-state index contributed by atoms with van der Waals surface area (Å²) in [7, 11) is 0. The number of fused-ring (bicyclic) bond motifs is 3. The molecular formula is C31H26Cl4Zr. The molecule has 36 heavy (non-hydrogen) atoms. The number of halogens is 4. The Bertz CT molecular complexity index is 1550. The summed E-state index contributed by atoms with van der Waals surface area (Å²) in [6.45, 7) is 0. The van der Waals surface area contributed by atoms with Gasteiger partial charge in [0.25, 0.3) is 0 Å². The Kier molecular flexibility index (Phi) is 7.74. The summed E-state index contributed by atoms with van der Waals surface area (Å²) in [6.07, 6.45) is 8.55. The Morgan fingerprint density at radius 1 is 0.694 bits per heavy atom. The van der Waals surface area contributed by atoms with E-state index in [0.29, 0.717) is 0 Å². The number of hydrogen-bond donors (Lipinski definition) is 0. The van der Waals surface area contributed by atoms with Crippen LogP contribution in [-0.4, -0.2) is 4.21 Å². The standard InChI is InChI=1S/C13H9.2C6H4Cl.C5H5.CH2.2ClH.Zr/c1-3-7-12-10(5-1)9-11-6-2-4-8-13(11)12;2*7-6-4-2-1-3-5-6;1-2-4-5-3-1;;;;/h1-5,7-8H,9H2;2*1-2,4-5H;1-3H,4H2;1H2;2*1H;. The van der Waals surface area contributed by atoms with Gasteiger partial charge in [-0.25, -0.2) is 0 Å². The Morgan fingerprint density at radius 3 is 1.92 bits per heavy atom. The van der Waals surface area contributed by atoms with Crippen molar-refractivity contribution in [3.8, 4) is 11.1 Å². The molecule has 0 spiro atoms. The van der Waals surface area contributed by atoms with E-state index in [0.717, 1.165) is 22.9 Å². The Labute approximate surface area is 236 Å². The van der Waals surface area contributed by atoms with E-state index in [1.807, 2.05) is 12.1 Å². The van der Waals surface area contributed by atoms with Gasteiger partial charge in [0.05, 0.1) is 0 Å². The van der Waals surface area contributed by atoms with Crippen molar-refractivity contribution >= 4 is 62.0 Å². The van der Waals surface area contributed by atoms with Crippen LogP contribution < -0.4 is 9.81 Å². The topological polar surface area (TPSA) is 0 Å². The van der Waals surface area contributed by atoms with E-state index in [1.54, 1.807) is 0 Å². The van der Waals surface area contributed by atoms with Crippen LogP contribution >= 0.6 is 48.0 Å². The molecule has 0 unspecified atom stereocenters. The number of benzene rings is 4. The molecule has 0 aliphatic heterocycles. The third-order valence-electron chi connectivity index (χ3n) is 7.85. The quantitative estimate of drug-likeness (QED) is 0.191. The average molecular weight is 632 g/mol. The zero-order chi connectivity index (χ0) is 23.4. The van der Waals surface area contributed by atoms with Crippen LogP contribution in [0.4, 0.5) is 0 Å². The zero-order valence-electron chi connectivity index (χ0n) is 19.6. The van der Waals surface area contributed by atoms with E-state index >= 15 is 0 Å². The molecular weight excluding hydrogens is 605 g/mol. The first-order chi connectivity index (χ1) is 16.5. The van der Waals surface area contributed by atoms with E-state index < -0.39 is 18.3 Å². The molecule has 2 aliphatic rings. The van der Waals surface area contributed by atoms with E-state index in [2.05, 4.69) is 97.1 Å². The van der Waals surface area contributed by atoms with Gasteiger partial charge in [-0.3, -0.25) is 0 Å². The van der Waals surface area contributed by atoms with Crippen LogP contribution in [0.25, 0.3) is 11.1 Å². The second kappa shape index (κ2) is 10.2. The van der Waals surface area contributed by atoms with E-state index in [9.17, 15) is 0 Å². The number of allylic oxidation sites excluding steroid dienone is 4. The average Bonchev–Trinajstić information content (AvgIpc) is 3.52. The third kappa shape index (κ3) is 3.87. The second-order valence-electron chi connectivity index (χ2n) is 9.47. The van der Waals surface area contributed by atoms with Gasteiger partial charge in [-0.2, -0.15) is 0 Å². The Morgan fingerprint density at radius 2 is 1.31 bits per heavy atom. The minimum absolute atomic E-state index is 0. The molecule has 0 nitrogen and oxygen atoms in total. The van der Waals surface area contributed by atoms with Crippen molar-refractivity contribution in [1.82, 2.24) is 0 Å². The Balaban J connectivity index is 0.00000152. The molecule has 0 saturated heterocycles. The summed E-state index contributed by atoms with van der Waals surface area (Å²) in [6, 6.07) is 32.4. The minimum atomic E-state index is -4.69. The SMILES string of the molecule is Cl.Cl.[CH2]=[Zr]([C]1=CC=CC1)([c]1cccc(Cl)c1)([c]1cccc(Cl)c1)[c]1cccc2c1Cc1ccccc1-2. The maximum atomic E-state index is 6.66.